The van der Waals surface area contributed by atoms with Crippen LogP contribution in [0.25, 0.3) is 0 Å². The van der Waals surface area contributed by atoms with E-state index in [2.05, 4.69) is 11.3 Å². The van der Waals surface area contributed by atoms with E-state index in [1.165, 1.54) is 6.92 Å². The van der Waals surface area contributed by atoms with Gasteiger partial charge in [-0.1, -0.05) is 6.08 Å². The maximum Gasteiger partial charge on any atom is 0.303 e. The zero-order chi connectivity index (χ0) is 23.6. The van der Waals surface area contributed by atoms with E-state index in [0.717, 1.165) is 32.9 Å². The quantitative estimate of drug-likeness (QED) is 0.186. The zero-order valence-electron chi connectivity index (χ0n) is 18.2. The van der Waals surface area contributed by atoms with Gasteiger partial charge in [0.15, 0.2) is 18.5 Å². The third kappa shape index (κ3) is 10.2. The maximum absolute atomic E-state index is 12.0. The number of carbonyl (C=O) groups excluding carboxylic acids is 3. The van der Waals surface area contributed by atoms with Crippen molar-refractivity contribution in [3.05, 3.63) is 12.7 Å². The van der Waals surface area contributed by atoms with Gasteiger partial charge in [-0.15, -0.1) is 6.58 Å². The van der Waals surface area contributed by atoms with Crippen LogP contribution in [0.5, 0.6) is 0 Å². The van der Waals surface area contributed by atoms with Gasteiger partial charge in [-0.3, -0.25) is 14.4 Å². The van der Waals surface area contributed by atoms with Crippen molar-refractivity contribution in [2.75, 3.05) is 19.5 Å². The van der Waals surface area contributed by atoms with Crippen LogP contribution in [-0.4, -0.2) is 76.4 Å². The van der Waals surface area contributed by atoms with E-state index in [9.17, 15) is 22.8 Å². The first-order valence-electron chi connectivity index (χ1n) is 9.77. The molecule has 1 saturated heterocycles. The van der Waals surface area contributed by atoms with Gasteiger partial charge in [0.05, 0.1) is 6.26 Å². The SMILES string of the molecule is C=CCCCCO[C@@H]1O[C@H](COC(C)=O)[C@H](OC(C)=O)[C@H](OC(C)=O)[C@H]1NS(C)(=O)=O. The first kappa shape index (κ1) is 27.0. The predicted octanol–water partition coefficient (Wildman–Crippen LogP) is 0.429. The van der Waals surface area contributed by atoms with E-state index < -0.39 is 58.6 Å². The van der Waals surface area contributed by atoms with Crippen molar-refractivity contribution in [1.29, 1.82) is 0 Å². The molecular formula is C19H31NO10S. The zero-order valence-corrected chi connectivity index (χ0v) is 19.0. The highest BCUT2D eigenvalue weighted by Crippen LogP contribution is 2.28. The van der Waals surface area contributed by atoms with Gasteiger partial charge in [0.2, 0.25) is 10.0 Å². The summed E-state index contributed by atoms with van der Waals surface area (Å²) in [7, 11) is -3.80. The molecule has 0 aliphatic carbocycles. The lowest BCUT2D eigenvalue weighted by Gasteiger charge is -2.44. The Morgan fingerprint density at radius 2 is 1.65 bits per heavy atom. The van der Waals surface area contributed by atoms with Crippen LogP contribution < -0.4 is 4.72 Å². The van der Waals surface area contributed by atoms with Gasteiger partial charge < -0.3 is 23.7 Å². The number of hydrogen-bond acceptors (Lipinski definition) is 10. The van der Waals surface area contributed by atoms with E-state index in [1.54, 1.807) is 6.08 Å². The molecule has 1 rings (SSSR count). The lowest BCUT2D eigenvalue weighted by Crippen LogP contribution is -2.66. The molecule has 5 atom stereocenters. The first-order valence-corrected chi connectivity index (χ1v) is 11.7. The van der Waals surface area contributed by atoms with Crippen molar-refractivity contribution >= 4 is 27.9 Å². The van der Waals surface area contributed by atoms with Gasteiger partial charge in [-0.2, -0.15) is 0 Å². The van der Waals surface area contributed by atoms with Gasteiger partial charge in [0.25, 0.3) is 0 Å². The number of sulfonamides is 1. The number of hydrogen-bond donors (Lipinski definition) is 1. The predicted molar refractivity (Wildman–Crippen MR) is 108 cm³/mol. The minimum Gasteiger partial charge on any atom is -0.463 e. The Kier molecular flexibility index (Phi) is 11.1. The molecule has 1 fully saturated rings. The Morgan fingerprint density at radius 3 is 2.16 bits per heavy atom. The number of carbonyl (C=O) groups is 3. The van der Waals surface area contributed by atoms with Crippen LogP contribution in [0.2, 0.25) is 0 Å². The fraction of sp³-hybridized carbons (Fsp3) is 0.737. The van der Waals surface area contributed by atoms with Crippen LogP contribution in [0.4, 0.5) is 0 Å². The van der Waals surface area contributed by atoms with Crippen molar-refractivity contribution in [2.24, 2.45) is 0 Å². The highest BCUT2D eigenvalue weighted by Gasteiger charge is 2.51. The summed E-state index contributed by atoms with van der Waals surface area (Å²) in [4.78, 5) is 34.7. The average Bonchev–Trinajstić information content (AvgIpc) is 2.62. The second-order valence-electron chi connectivity index (χ2n) is 7.06. The molecule has 1 N–H and O–H groups in total. The van der Waals surface area contributed by atoms with Crippen molar-refractivity contribution in [2.45, 2.75) is 70.7 Å². The van der Waals surface area contributed by atoms with Crippen molar-refractivity contribution in [1.82, 2.24) is 4.72 Å². The molecule has 0 spiro atoms. The Balaban J connectivity index is 3.23. The minimum atomic E-state index is -3.80. The van der Waals surface area contributed by atoms with Gasteiger partial charge >= 0.3 is 17.9 Å². The second-order valence-corrected chi connectivity index (χ2v) is 8.84. The van der Waals surface area contributed by atoms with Gasteiger partial charge in [0.1, 0.15) is 18.8 Å². The summed E-state index contributed by atoms with van der Waals surface area (Å²) in [5.41, 5.74) is 0. The molecule has 0 radical (unpaired) electrons. The summed E-state index contributed by atoms with van der Waals surface area (Å²) in [6.45, 7) is 6.98. The topological polar surface area (TPSA) is 144 Å². The maximum atomic E-state index is 12.0. The third-order valence-electron chi connectivity index (χ3n) is 4.14. The largest absolute Gasteiger partial charge is 0.463 e. The van der Waals surface area contributed by atoms with E-state index in [1.807, 2.05) is 0 Å². The lowest BCUT2D eigenvalue weighted by molar-refractivity contribution is -0.276. The summed E-state index contributed by atoms with van der Waals surface area (Å²) >= 11 is 0. The van der Waals surface area contributed by atoms with Gasteiger partial charge in [-0.25, -0.2) is 13.1 Å². The smallest absolute Gasteiger partial charge is 0.303 e. The molecule has 12 heteroatoms. The molecule has 1 heterocycles. The molecule has 1 aliphatic rings. The number of rotatable bonds is 12. The molecule has 0 aromatic rings. The molecule has 0 unspecified atom stereocenters. The minimum absolute atomic E-state index is 0.214. The Labute approximate surface area is 182 Å². The van der Waals surface area contributed by atoms with E-state index in [0.29, 0.717) is 6.42 Å². The average molecular weight is 466 g/mol. The number of esters is 3. The normalized spacial score (nSPS) is 26.0. The monoisotopic (exact) mass is 465 g/mol. The highest BCUT2D eigenvalue weighted by molar-refractivity contribution is 7.88. The number of allylic oxidation sites excluding steroid dienone is 1. The van der Waals surface area contributed by atoms with E-state index in [-0.39, 0.29) is 13.2 Å². The lowest BCUT2D eigenvalue weighted by atomic mass is 9.97. The summed E-state index contributed by atoms with van der Waals surface area (Å²) in [5, 5.41) is 0. The summed E-state index contributed by atoms with van der Waals surface area (Å²) in [5.74, 6) is -2.06. The molecule has 31 heavy (non-hydrogen) atoms. The summed E-state index contributed by atoms with van der Waals surface area (Å²) in [6, 6.07) is -1.21. The molecule has 0 amide bonds. The van der Waals surface area contributed by atoms with Crippen LogP contribution in [0.3, 0.4) is 0 Å². The van der Waals surface area contributed by atoms with Crippen LogP contribution in [0.1, 0.15) is 40.0 Å². The standard InChI is InChI=1S/C19H31NO10S/c1-6-7-8-9-10-26-19-16(20-31(5,24)25)18(29-14(4)23)17(28-13(3)22)15(30-19)11-27-12(2)21/h6,15-20H,1,7-11H2,2-5H3/t15-,16-,17+,18-,19-/m1/s1. The molecule has 178 valence electrons. The van der Waals surface area contributed by atoms with Crippen LogP contribution in [0.15, 0.2) is 12.7 Å². The fourth-order valence-electron chi connectivity index (χ4n) is 3.01. The van der Waals surface area contributed by atoms with Crippen LogP contribution in [-0.2, 0) is 48.1 Å². The molecule has 1 aliphatic heterocycles. The Bertz CT molecular complexity index is 738. The molecule has 0 bridgehead atoms. The van der Waals surface area contributed by atoms with Gasteiger partial charge in [0, 0.05) is 27.4 Å². The Morgan fingerprint density at radius 1 is 1.03 bits per heavy atom. The fourth-order valence-corrected chi connectivity index (χ4v) is 3.75. The van der Waals surface area contributed by atoms with Gasteiger partial charge in [-0.05, 0) is 19.3 Å². The van der Waals surface area contributed by atoms with E-state index >= 15 is 0 Å². The van der Waals surface area contributed by atoms with Crippen LogP contribution in [0, 0.1) is 0 Å². The highest BCUT2D eigenvalue weighted by atomic mass is 32.2. The van der Waals surface area contributed by atoms with Crippen molar-refractivity contribution < 1.29 is 46.5 Å². The molecule has 11 nitrogen and oxygen atoms in total. The number of unbranched alkanes of at least 4 members (excludes halogenated alkanes) is 2. The van der Waals surface area contributed by atoms with Crippen molar-refractivity contribution in [3.8, 4) is 0 Å². The van der Waals surface area contributed by atoms with Crippen molar-refractivity contribution in [3.63, 3.8) is 0 Å². The molecule has 0 aromatic heterocycles. The summed E-state index contributed by atoms with van der Waals surface area (Å²) in [6.07, 6.45) is 0.0935. The third-order valence-corrected chi connectivity index (χ3v) is 4.84. The molecule has 0 aromatic carbocycles. The Hall–Kier alpha value is -2.02. The van der Waals surface area contributed by atoms with Crippen LogP contribution >= 0.6 is 0 Å². The molecule has 0 saturated carbocycles. The number of nitrogens with one attached hydrogen (secondary N) is 1. The summed E-state index contributed by atoms with van der Waals surface area (Å²) < 4.78 is 53.4. The van der Waals surface area contributed by atoms with E-state index in [4.69, 9.17) is 23.7 Å². The second kappa shape index (κ2) is 12.7. The molecular weight excluding hydrogens is 434 g/mol. The number of ether oxygens (including phenoxy) is 5. The first-order chi connectivity index (χ1) is 14.4.